The third-order valence-electron chi connectivity index (χ3n) is 3.68. The van der Waals surface area contributed by atoms with Gasteiger partial charge in [-0.05, 0) is 32.0 Å². The lowest BCUT2D eigenvalue weighted by Gasteiger charge is -2.31. The van der Waals surface area contributed by atoms with Crippen LogP contribution in [0.15, 0.2) is 24.3 Å². The third kappa shape index (κ3) is 2.98. The third-order valence-corrected chi connectivity index (χ3v) is 3.91. The minimum absolute atomic E-state index is 0.0703. The summed E-state index contributed by atoms with van der Waals surface area (Å²) in [6.07, 6.45) is 0. The van der Waals surface area contributed by atoms with Gasteiger partial charge in [-0.15, -0.1) is 5.10 Å². The van der Waals surface area contributed by atoms with Crippen molar-refractivity contribution in [2.45, 2.75) is 19.9 Å². The molecular weight excluding hydrogens is 302 g/mol. The lowest BCUT2D eigenvalue weighted by molar-refractivity contribution is 0.0702. The summed E-state index contributed by atoms with van der Waals surface area (Å²) in [5.74, 6) is -0.0703. The summed E-state index contributed by atoms with van der Waals surface area (Å²) in [7, 11) is 0. The molecule has 116 valence electrons. The van der Waals surface area contributed by atoms with Gasteiger partial charge in [-0.2, -0.15) is 9.90 Å². The smallest absolute Gasteiger partial charge is 0.276 e. The number of carbonyl (C=O) groups is 1. The Bertz CT molecular complexity index is 699. The highest BCUT2D eigenvalue weighted by molar-refractivity contribution is 6.30. The van der Waals surface area contributed by atoms with Crippen molar-refractivity contribution in [2.75, 3.05) is 19.6 Å². The zero-order valence-corrected chi connectivity index (χ0v) is 13.3. The van der Waals surface area contributed by atoms with Crippen molar-refractivity contribution in [1.29, 1.82) is 0 Å². The predicted octanol–water partition coefficient (Wildman–Crippen LogP) is 1.66. The number of hydrogen-bond acceptors (Lipinski definition) is 4. The standard InChI is InChI=1S/C15H18ClN5O/c1-10-9-20(7-6-17-10)15(22)14-11(2)18-21(19-14)13-5-3-4-12(16)8-13/h3-5,8,10,17H,6-7,9H2,1-2H3/t10-/m0/s1. The van der Waals surface area contributed by atoms with Crippen LogP contribution in [0.2, 0.25) is 5.02 Å². The second-order valence-corrected chi connectivity index (χ2v) is 5.95. The van der Waals surface area contributed by atoms with E-state index in [-0.39, 0.29) is 5.91 Å². The molecule has 0 saturated carbocycles. The van der Waals surface area contributed by atoms with E-state index >= 15 is 0 Å². The first-order chi connectivity index (χ1) is 10.5. The largest absolute Gasteiger partial charge is 0.334 e. The molecule has 0 radical (unpaired) electrons. The van der Waals surface area contributed by atoms with Crippen LogP contribution in [-0.4, -0.2) is 51.5 Å². The first-order valence-corrected chi connectivity index (χ1v) is 7.65. The van der Waals surface area contributed by atoms with Crippen LogP contribution in [0.1, 0.15) is 23.1 Å². The molecule has 1 aromatic carbocycles. The maximum Gasteiger partial charge on any atom is 0.276 e. The minimum Gasteiger partial charge on any atom is -0.334 e. The Morgan fingerprint density at radius 2 is 2.23 bits per heavy atom. The Kier molecular flexibility index (Phi) is 4.13. The Hall–Kier alpha value is -1.92. The first-order valence-electron chi connectivity index (χ1n) is 7.27. The molecule has 1 atom stereocenters. The maximum atomic E-state index is 12.6. The number of carbonyl (C=O) groups excluding carboxylic acids is 1. The molecule has 1 saturated heterocycles. The number of piperazine rings is 1. The lowest BCUT2D eigenvalue weighted by atomic mass is 10.2. The fraction of sp³-hybridized carbons (Fsp3) is 0.400. The van der Waals surface area contributed by atoms with E-state index in [2.05, 4.69) is 22.4 Å². The van der Waals surface area contributed by atoms with Crippen molar-refractivity contribution >= 4 is 17.5 Å². The van der Waals surface area contributed by atoms with Crippen LogP contribution in [0, 0.1) is 6.92 Å². The molecule has 0 spiro atoms. The predicted molar refractivity (Wildman–Crippen MR) is 84.5 cm³/mol. The summed E-state index contributed by atoms with van der Waals surface area (Å²) in [4.78, 5) is 15.9. The number of halogens is 1. The number of rotatable bonds is 2. The highest BCUT2D eigenvalue weighted by Gasteiger charge is 2.25. The maximum absolute atomic E-state index is 12.6. The van der Waals surface area contributed by atoms with Crippen LogP contribution in [0.4, 0.5) is 0 Å². The lowest BCUT2D eigenvalue weighted by Crippen LogP contribution is -2.51. The topological polar surface area (TPSA) is 63.1 Å². The molecule has 2 heterocycles. The first kappa shape index (κ1) is 15.0. The second-order valence-electron chi connectivity index (χ2n) is 5.51. The number of nitrogens with one attached hydrogen (secondary N) is 1. The molecule has 2 aromatic rings. The number of nitrogens with zero attached hydrogens (tertiary/aromatic N) is 4. The fourth-order valence-corrected chi connectivity index (χ4v) is 2.74. The fourth-order valence-electron chi connectivity index (χ4n) is 2.56. The van der Waals surface area contributed by atoms with E-state index in [9.17, 15) is 4.79 Å². The van der Waals surface area contributed by atoms with Gasteiger partial charge in [0.2, 0.25) is 0 Å². The average molecular weight is 320 g/mol. The van der Waals surface area contributed by atoms with Gasteiger partial charge < -0.3 is 10.2 Å². The highest BCUT2D eigenvalue weighted by atomic mass is 35.5. The number of benzene rings is 1. The highest BCUT2D eigenvalue weighted by Crippen LogP contribution is 2.15. The van der Waals surface area contributed by atoms with Crippen molar-refractivity contribution < 1.29 is 4.79 Å². The monoisotopic (exact) mass is 319 g/mol. The van der Waals surface area contributed by atoms with Crippen LogP contribution >= 0.6 is 11.6 Å². The number of aromatic nitrogens is 3. The van der Waals surface area contributed by atoms with Gasteiger partial charge in [-0.1, -0.05) is 17.7 Å². The van der Waals surface area contributed by atoms with Crippen LogP contribution in [0.3, 0.4) is 0 Å². The van der Waals surface area contributed by atoms with Gasteiger partial charge in [0.15, 0.2) is 5.69 Å². The van der Waals surface area contributed by atoms with Gasteiger partial charge in [0.05, 0.1) is 11.4 Å². The molecule has 6 nitrogen and oxygen atoms in total. The molecule has 3 rings (SSSR count). The molecule has 1 aromatic heterocycles. The van der Waals surface area contributed by atoms with Crippen LogP contribution in [-0.2, 0) is 0 Å². The summed E-state index contributed by atoms with van der Waals surface area (Å²) in [5.41, 5.74) is 1.76. The molecule has 1 fully saturated rings. The molecule has 1 aliphatic rings. The van der Waals surface area contributed by atoms with E-state index in [1.165, 1.54) is 4.80 Å². The minimum atomic E-state index is -0.0703. The molecule has 22 heavy (non-hydrogen) atoms. The summed E-state index contributed by atoms with van der Waals surface area (Å²) in [6.45, 7) is 6.03. The zero-order chi connectivity index (χ0) is 15.7. The van der Waals surface area contributed by atoms with Gasteiger partial charge in [-0.3, -0.25) is 4.79 Å². The summed E-state index contributed by atoms with van der Waals surface area (Å²) in [6, 6.07) is 7.53. The van der Waals surface area contributed by atoms with Crippen molar-refractivity contribution in [3.8, 4) is 5.69 Å². The van der Waals surface area contributed by atoms with E-state index in [0.29, 0.717) is 35.5 Å². The average Bonchev–Trinajstić information content (AvgIpc) is 2.88. The second kappa shape index (κ2) is 6.06. The molecule has 0 aliphatic carbocycles. The van der Waals surface area contributed by atoms with E-state index in [4.69, 9.17) is 11.6 Å². The van der Waals surface area contributed by atoms with Crippen molar-refractivity contribution in [1.82, 2.24) is 25.2 Å². The Balaban J connectivity index is 1.87. The zero-order valence-electron chi connectivity index (χ0n) is 12.6. The summed E-state index contributed by atoms with van der Waals surface area (Å²) in [5, 5.41) is 12.6. The SMILES string of the molecule is Cc1nn(-c2cccc(Cl)c2)nc1C(=O)N1CCN[C@@H](C)C1. The van der Waals surface area contributed by atoms with Crippen molar-refractivity contribution in [2.24, 2.45) is 0 Å². The number of aryl methyl sites for hydroxylation is 1. The number of hydrogen-bond donors (Lipinski definition) is 1. The molecule has 1 aliphatic heterocycles. The van der Waals surface area contributed by atoms with Gasteiger partial charge in [0.1, 0.15) is 0 Å². The number of amides is 1. The Morgan fingerprint density at radius 3 is 2.95 bits per heavy atom. The Morgan fingerprint density at radius 1 is 1.41 bits per heavy atom. The molecule has 1 N–H and O–H groups in total. The van der Waals surface area contributed by atoms with Gasteiger partial charge in [0.25, 0.3) is 5.91 Å². The Labute approximate surface area is 134 Å². The van der Waals surface area contributed by atoms with E-state index in [1.807, 2.05) is 17.0 Å². The molecule has 0 unspecified atom stereocenters. The molecular formula is C15H18ClN5O. The van der Waals surface area contributed by atoms with Crippen molar-refractivity contribution in [3.05, 3.63) is 40.7 Å². The van der Waals surface area contributed by atoms with Gasteiger partial charge >= 0.3 is 0 Å². The molecule has 1 amide bonds. The molecule has 0 bridgehead atoms. The van der Waals surface area contributed by atoms with Crippen LogP contribution < -0.4 is 5.32 Å². The van der Waals surface area contributed by atoms with Gasteiger partial charge in [0, 0.05) is 30.7 Å². The normalized spacial score (nSPS) is 18.5. The van der Waals surface area contributed by atoms with E-state index in [1.54, 1.807) is 19.1 Å². The van der Waals surface area contributed by atoms with Gasteiger partial charge in [-0.25, -0.2) is 0 Å². The summed E-state index contributed by atoms with van der Waals surface area (Å²) >= 11 is 5.99. The quantitative estimate of drug-likeness (QED) is 0.914. The van der Waals surface area contributed by atoms with E-state index < -0.39 is 0 Å². The van der Waals surface area contributed by atoms with Crippen LogP contribution in [0.25, 0.3) is 5.69 Å². The molecule has 7 heteroatoms. The van der Waals surface area contributed by atoms with Crippen LogP contribution in [0.5, 0.6) is 0 Å². The summed E-state index contributed by atoms with van der Waals surface area (Å²) < 4.78 is 0. The van der Waals surface area contributed by atoms with Crippen molar-refractivity contribution in [3.63, 3.8) is 0 Å². The van der Waals surface area contributed by atoms with E-state index in [0.717, 1.165) is 12.2 Å².